The van der Waals surface area contributed by atoms with Gasteiger partial charge in [-0.05, 0) is 31.2 Å². The number of benzene rings is 1. The molecule has 0 bridgehead atoms. The largest absolute Gasteiger partial charge is 0.504 e. The van der Waals surface area contributed by atoms with Crippen molar-refractivity contribution >= 4 is 0 Å². The molecular weight excluding hydrogens is 188 g/mol. The van der Waals surface area contributed by atoms with Gasteiger partial charge in [0.25, 0.3) is 0 Å². The van der Waals surface area contributed by atoms with Gasteiger partial charge in [-0.25, -0.2) is 0 Å². The number of rotatable bonds is 4. The molecular formula is C13H14O2. The van der Waals surface area contributed by atoms with Gasteiger partial charge < -0.3 is 9.84 Å². The molecule has 1 aromatic carbocycles. The monoisotopic (exact) mass is 202 g/mol. The average Bonchev–Trinajstić information content (AvgIpc) is 2.29. The molecule has 0 aliphatic carbocycles. The van der Waals surface area contributed by atoms with Crippen LogP contribution in [0, 0.1) is 0 Å². The molecule has 0 saturated carbocycles. The molecule has 0 heterocycles. The summed E-state index contributed by atoms with van der Waals surface area (Å²) < 4.78 is 5.48. The van der Waals surface area contributed by atoms with Crippen molar-refractivity contribution in [3.63, 3.8) is 0 Å². The topological polar surface area (TPSA) is 29.5 Å². The molecule has 1 rings (SSSR count). The van der Waals surface area contributed by atoms with E-state index in [1.807, 2.05) is 30.3 Å². The molecule has 2 nitrogen and oxygen atoms in total. The molecule has 0 aliphatic rings. The highest BCUT2D eigenvalue weighted by molar-refractivity contribution is 5.30. The fraction of sp³-hybridized carbons (Fsp3) is 0.0769. The Hall–Kier alpha value is -1.96. The summed E-state index contributed by atoms with van der Waals surface area (Å²) >= 11 is 0. The van der Waals surface area contributed by atoms with E-state index in [2.05, 4.69) is 6.58 Å². The Labute approximate surface area is 89.8 Å². The first-order chi connectivity index (χ1) is 7.27. The van der Waals surface area contributed by atoms with Crippen molar-refractivity contribution in [3.8, 4) is 5.75 Å². The van der Waals surface area contributed by atoms with E-state index in [0.29, 0.717) is 11.5 Å². The summed E-state index contributed by atoms with van der Waals surface area (Å²) in [5.41, 5.74) is 0. The standard InChI is InChI=1S/C13H14O2/c1-3-8-13(12(14)4-2)15-11-9-6-5-7-10-11/h3-10,14H,1H2,2H3/b12-4+,13-8+. The number of aliphatic hydroxyl groups is 1. The molecule has 1 N–H and O–H groups in total. The van der Waals surface area contributed by atoms with E-state index < -0.39 is 0 Å². The van der Waals surface area contributed by atoms with Crippen molar-refractivity contribution in [3.05, 3.63) is 66.7 Å². The van der Waals surface area contributed by atoms with Crippen LogP contribution in [0.5, 0.6) is 5.75 Å². The molecule has 0 spiro atoms. The summed E-state index contributed by atoms with van der Waals surface area (Å²) in [7, 11) is 0. The van der Waals surface area contributed by atoms with Crippen LogP contribution in [0.15, 0.2) is 66.7 Å². The summed E-state index contributed by atoms with van der Waals surface area (Å²) in [4.78, 5) is 0. The van der Waals surface area contributed by atoms with Crippen LogP contribution in [-0.2, 0) is 0 Å². The van der Waals surface area contributed by atoms with E-state index in [0.717, 1.165) is 0 Å². The maximum Gasteiger partial charge on any atom is 0.168 e. The van der Waals surface area contributed by atoms with Gasteiger partial charge in [0.15, 0.2) is 11.5 Å². The lowest BCUT2D eigenvalue weighted by molar-refractivity contribution is 0.337. The molecule has 0 aromatic heterocycles. The molecule has 78 valence electrons. The number of ether oxygens (including phenoxy) is 1. The predicted octanol–water partition coefficient (Wildman–Crippen LogP) is 3.60. The number of para-hydroxylation sites is 1. The minimum Gasteiger partial charge on any atom is -0.504 e. The fourth-order valence-electron chi connectivity index (χ4n) is 1.04. The maximum atomic E-state index is 9.53. The van der Waals surface area contributed by atoms with Gasteiger partial charge in [0.05, 0.1) is 0 Å². The molecule has 0 amide bonds. The van der Waals surface area contributed by atoms with Gasteiger partial charge in [0.2, 0.25) is 0 Å². The van der Waals surface area contributed by atoms with E-state index >= 15 is 0 Å². The van der Waals surface area contributed by atoms with Gasteiger partial charge in [0.1, 0.15) is 5.75 Å². The van der Waals surface area contributed by atoms with Crippen molar-refractivity contribution in [2.24, 2.45) is 0 Å². The highest BCUT2D eigenvalue weighted by Gasteiger charge is 2.03. The van der Waals surface area contributed by atoms with Gasteiger partial charge >= 0.3 is 0 Å². The van der Waals surface area contributed by atoms with E-state index in [9.17, 15) is 5.11 Å². The van der Waals surface area contributed by atoms with Crippen LogP contribution in [0.4, 0.5) is 0 Å². The van der Waals surface area contributed by atoms with Gasteiger partial charge in [-0.1, -0.05) is 30.9 Å². The van der Waals surface area contributed by atoms with Gasteiger partial charge in [-0.2, -0.15) is 0 Å². The van der Waals surface area contributed by atoms with Crippen molar-refractivity contribution in [2.45, 2.75) is 6.92 Å². The van der Waals surface area contributed by atoms with Gasteiger partial charge in [-0.15, -0.1) is 0 Å². The first-order valence-electron chi connectivity index (χ1n) is 4.69. The van der Waals surface area contributed by atoms with Crippen LogP contribution in [0.3, 0.4) is 0 Å². The molecule has 0 radical (unpaired) electrons. The molecule has 0 atom stereocenters. The number of hydrogen-bond donors (Lipinski definition) is 1. The fourth-order valence-corrected chi connectivity index (χ4v) is 1.04. The quantitative estimate of drug-likeness (QED) is 0.597. The summed E-state index contributed by atoms with van der Waals surface area (Å²) in [5, 5.41) is 9.53. The van der Waals surface area contributed by atoms with Gasteiger partial charge in [-0.3, -0.25) is 0 Å². The van der Waals surface area contributed by atoms with Crippen molar-refractivity contribution in [1.82, 2.24) is 0 Å². The third-order valence-electron chi connectivity index (χ3n) is 1.77. The number of allylic oxidation sites excluding steroid dienone is 3. The summed E-state index contributed by atoms with van der Waals surface area (Å²) in [6, 6.07) is 9.28. The first kappa shape index (κ1) is 11.1. The third kappa shape index (κ3) is 3.35. The summed E-state index contributed by atoms with van der Waals surface area (Å²) in [6.45, 7) is 5.30. The van der Waals surface area contributed by atoms with Crippen molar-refractivity contribution in [1.29, 1.82) is 0 Å². The number of aliphatic hydroxyl groups excluding tert-OH is 1. The van der Waals surface area contributed by atoms with E-state index in [-0.39, 0.29) is 5.76 Å². The van der Waals surface area contributed by atoms with Crippen molar-refractivity contribution in [2.75, 3.05) is 0 Å². The molecule has 0 aliphatic heterocycles. The first-order valence-corrected chi connectivity index (χ1v) is 4.69. The Bertz CT molecular complexity index is 375. The van der Waals surface area contributed by atoms with E-state index in [4.69, 9.17) is 4.74 Å². The molecule has 2 heteroatoms. The Kier molecular flexibility index (Phi) is 4.23. The van der Waals surface area contributed by atoms with Crippen molar-refractivity contribution < 1.29 is 9.84 Å². The lowest BCUT2D eigenvalue weighted by atomic mass is 10.3. The molecule has 0 fully saturated rings. The Morgan fingerprint density at radius 1 is 1.33 bits per heavy atom. The maximum absolute atomic E-state index is 9.53. The minimum absolute atomic E-state index is 0.0961. The van der Waals surface area contributed by atoms with E-state index in [1.165, 1.54) is 0 Å². The smallest absolute Gasteiger partial charge is 0.168 e. The molecule has 15 heavy (non-hydrogen) atoms. The highest BCUT2D eigenvalue weighted by Crippen LogP contribution is 2.16. The summed E-state index contributed by atoms with van der Waals surface area (Å²) in [5.74, 6) is 1.16. The lowest BCUT2D eigenvalue weighted by Gasteiger charge is -2.08. The van der Waals surface area contributed by atoms with Crippen LogP contribution in [0.1, 0.15) is 6.92 Å². The molecule has 0 unspecified atom stereocenters. The molecule has 1 aromatic rings. The average molecular weight is 202 g/mol. The van der Waals surface area contributed by atoms with Crippen LogP contribution in [0.2, 0.25) is 0 Å². The molecule has 0 saturated heterocycles. The predicted molar refractivity (Wildman–Crippen MR) is 61.7 cm³/mol. The second-order valence-corrected chi connectivity index (χ2v) is 2.86. The highest BCUT2D eigenvalue weighted by atomic mass is 16.5. The lowest BCUT2D eigenvalue weighted by Crippen LogP contribution is -1.98. The zero-order valence-corrected chi connectivity index (χ0v) is 8.68. The van der Waals surface area contributed by atoms with E-state index in [1.54, 1.807) is 25.2 Å². The SMILES string of the molecule is C=C/C=C(Oc1ccccc1)\C(O)=C/C. The number of hydrogen-bond acceptors (Lipinski definition) is 2. The Balaban J connectivity index is 2.86. The van der Waals surface area contributed by atoms with Crippen LogP contribution in [-0.4, -0.2) is 5.11 Å². The van der Waals surface area contributed by atoms with Crippen LogP contribution >= 0.6 is 0 Å². The van der Waals surface area contributed by atoms with Crippen LogP contribution < -0.4 is 4.74 Å². The third-order valence-corrected chi connectivity index (χ3v) is 1.77. The zero-order chi connectivity index (χ0) is 11.1. The Morgan fingerprint density at radius 2 is 2.00 bits per heavy atom. The minimum atomic E-state index is 0.0961. The Morgan fingerprint density at radius 3 is 2.53 bits per heavy atom. The van der Waals surface area contributed by atoms with Gasteiger partial charge in [0, 0.05) is 0 Å². The second-order valence-electron chi connectivity index (χ2n) is 2.86. The normalized spacial score (nSPS) is 12.3. The zero-order valence-electron chi connectivity index (χ0n) is 8.68. The second kappa shape index (κ2) is 5.70. The summed E-state index contributed by atoms with van der Waals surface area (Å²) in [6.07, 6.45) is 4.75. The van der Waals surface area contributed by atoms with Crippen LogP contribution in [0.25, 0.3) is 0 Å².